The summed E-state index contributed by atoms with van der Waals surface area (Å²) in [6.45, 7) is 16.9. The molecule has 0 bridgehead atoms. The number of fused-ring (bicyclic) bond motifs is 2. The normalized spacial score (nSPS) is 23.5. The van der Waals surface area contributed by atoms with Crippen LogP contribution in [0.15, 0.2) is 100 Å². The Bertz CT molecular complexity index is 1460. The number of rotatable bonds is 6. The highest BCUT2D eigenvalue weighted by Crippen LogP contribution is 2.48. The molecule has 1 N–H and O–H groups in total. The van der Waals surface area contributed by atoms with E-state index >= 15 is 0 Å². The monoisotopic (exact) mass is 546 g/mol. The molecule has 6 rings (SSSR count). The maximum atomic E-state index is 5.05. The van der Waals surface area contributed by atoms with Crippen molar-refractivity contribution >= 4 is 17.1 Å². The Morgan fingerprint density at radius 3 is 2.34 bits per heavy atom. The zero-order chi connectivity index (χ0) is 28.6. The van der Waals surface area contributed by atoms with Crippen LogP contribution in [0, 0.1) is 0 Å². The van der Waals surface area contributed by atoms with E-state index in [1.165, 1.54) is 45.8 Å². The van der Waals surface area contributed by atoms with Crippen LogP contribution in [0.4, 0.5) is 11.4 Å². The van der Waals surface area contributed by atoms with Crippen molar-refractivity contribution in [2.45, 2.75) is 71.1 Å². The highest BCUT2D eigenvalue weighted by Gasteiger charge is 2.39. The van der Waals surface area contributed by atoms with Gasteiger partial charge in [0, 0.05) is 60.6 Å². The van der Waals surface area contributed by atoms with Crippen LogP contribution >= 0.6 is 0 Å². The first-order valence-electron chi connectivity index (χ1n) is 15.7. The molecule has 0 saturated carbocycles. The smallest absolute Gasteiger partial charge is 0.0674 e. The fourth-order valence-electron chi connectivity index (χ4n) is 7.25. The number of aliphatic imine (C=N–C) groups is 1. The van der Waals surface area contributed by atoms with Crippen molar-refractivity contribution in [3.05, 3.63) is 107 Å². The van der Waals surface area contributed by atoms with Crippen LogP contribution in [0.1, 0.15) is 71.4 Å². The van der Waals surface area contributed by atoms with E-state index < -0.39 is 0 Å². The number of nitrogens with one attached hydrogen (secondary N) is 1. The molecule has 3 heterocycles. The molecule has 4 nitrogen and oxygen atoms in total. The second-order valence-electron chi connectivity index (χ2n) is 13.0. The standard InChI is InChI=1S/C37H46N4/c1-6-24-41-32-17-10-8-15-30(32)37(4,5)34(41)21-19-28-13-11-12-27(35(28)40-25-22-38-23-26-40)18-20-33-36(2,3)29-14-7-9-16-31(29)39-33/h7-10,14-21,38H,6,11-13,22-26H2,1-5H3/b20-18+,28-19+,34-21+. The number of anilines is 1. The maximum Gasteiger partial charge on any atom is 0.0674 e. The van der Waals surface area contributed by atoms with Crippen LogP contribution in [-0.2, 0) is 10.8 Å². The second kappa shape index (κ2) is 11.1. The minimum absolute atomic E-state index is 0.0135. The summed E-state index contributed by atoms with van der Waals surface area (Å²) in [7, 11) is 0. The molecule has 1 aliphatic carbocycles. The number of para-hydroxylation sites is 2. The van der Waals surface area contributed by atoms with Gasteiger partial charge in [0.2, 0.25) is 0 Å². The van der Waals surface area contributed by atoms with Gasteiger partial charge in [-0.2, -0.15) is 0 Å². The van der Waals surface area contributed by atoms with Crippen LogP contribution < -0.4 is 10.2 Å². The van der Waals surface area contributed by atoms with Crippen molar-refractivity contribution in [1.82, 2.24) is 10.2 Å². The van der Waals surface area contributed by atoms with Crippen molar-refractivity contribution in [3.8, 4) is 0 Å². The maximum absolute atomic E-state index is 5.05. The highest BCUT2D eigenvalue weighted by atomic mass is 15.2. The summed E-state index contributed by atoms with van der Waals surface area (Å²) in [6, 6.07) is 17.6. The summed E-state index contributed by atoms with van der Waals surface area (Å²) in [4.78, 5) is 10.2. The van der Waals surface area contributed by atoms with Crippen LogP contribution in [0.25, 0.3) is 0 Å². The molecule has 1 fully saturated rings. The van der Waals surface area contributed by atoms with Gasteiger partial charge in [-0.05, 0) is 72.2 Å². The SMILES string of the molecule is CCCN1/C(=C/C=C2\CCCC(/C=C/C3=Nc4ccccc4C3(C)C)=C2N2CCNCC2)C(C)(C)c2ccccc21. The van der Waals surface area contributed by atoms with Gasteiger partial charge in [0.1, 0.15) is 0 Å². The van der Waals surface area contributed by atoms with E-state index in [-0.39, 0.29) is 10.8 Å². The fraction of sp³-hybridized carbons (Fsp3) is 0.432. The van der Waals surface area contributed by atoms with E-state index in [9.17, 15) is 0 Å². The molecule has 0 spiro atoms. The van der Waals surface area contributed by atoms with E-state index in [2.05, 4.69) is 123 Å². The lowest BCUT2D eigenvalue weighted by Gasteiger charge is -2.36. The molecule has 0 atom stereocenters. The summed E-state index contributed by atoms with van der Waals surface area (Å²) < 4.78 is 0. The second-order valence-corrected chi connectivity index (χ2v) is 13.0. The average Bonchev–Trinajstić information content (AvgIpc) is 3.37. The topological polar surface area (TPSA) is 30.9 Å². The minimum atomic E-state index is -0.0770. The summed E-state index contributed by atoms with van der Waals surface area (Å²) in [6.07, 6.45) is 14.2. The van der Waals surface area contributed by atoms with Crippen molar-refractivity contribution in [2.75, 3.05) is 37.6 Å². The molecule has 1 saturated heterocycles. The Balaban J connectivity index is 1.39. The lowest BCUT2D eigenvalue weighted by Crippen LogP contribution is -2.43. The Morgan fingerprint density at radius 1 is 0.854 bits per heavy atom. The van der Waals surface area contributed by atoms with Crippen LogP contribution in [0.3, 0.4) is 0 Å². The average molecular weight is 547 g/mol. The Hall–Kier alpha value is -3.37. The molecule has 0 radical (unpaired) electrons. The van der Waals surface area contributed by atoms with Crippen LogP contribution in [0.2, 0.25) is 0 Å². The molecule has 0 amide bonds. The Labute approximate surface area is 247 Å². The molecule has 0 unspecified atom stereocenters. The molecule has 4 heteroatoms. The van der Waals surface area contributed by atoms with Gasteiger partial charge in [-0.15, -0.1) is 0 Å². The first kappa shape index (κ1) is 27.8. The van der Waals surface area contributed by atoms with Crippen LogP contribution in [-0.4, -0.2) is 43.3 Å². The number of hydrogen-bond donors (Lipinski definition) is 1. The van der Waals surface area contributed by atoms with Gasteiger partial charge < -0.3 is 15.1 Å². The fourth-order valence-corrected chi connectivity index (χ4v) is 7.25. The van der Waals surface area contributed by atoms with Crippen molar-refractivity contribution in [2.24, 2.45) is 4.99 Å². The predicted octanol–water partition coefficient (Wildman–Crippen LogP) is 7.97. The van der Waals surface area contributed by atoms with Gasteiger partial charge in [0.25, 0.3) is 0 Å². The lowest BCUT2D eigenvalue weighted by molar-refractivity contribution is 0.297. The van der Waals surface area contributed by atoms with E-state index in [1.54, 1.807) is 0 Å². The Morgan fingerprint density at radius 2 is 1.59 bits per heavy atom. The predicted molar refractivity (Wildman–Crippen MR) is 174 cm³/mol. The van der Waals surface area contributed by atoms with Gasteiger partial charge in [0.15, 0.2) is 0 Å². The molecule has 4 aliphatic rings. The van der Waals surface area contributed by atoms with Gasteiger partial charge in [0.05, 0.1) is 11.4 Å². The van der Waals surface area contributed by atoms with Gasteiger partial charge >= 0.3 is 0 Å². The lowest BCUT2D eigenvalue weighted by atomic mass is 9.81. The van der Waals surface area contributed by atoms with Crippen molar-refractivity contribution in [3.63, 3.8) is 0 Å². The molecule has 2 aromatic carbocycles. The summed E-state index contributed by atoms with van der Waals surface area (Å²) in [5, 5.41) is 3.56. The number of piperazine rings is 1. The molecule has 41 heavy (non-hydrogen) atoms. The van der Waals surface area contributed by atoms with Crippen molar-refractivity contribution in [1.29, 1.82) is 0 Å². The minimum Gasteiger partial charge on any atom is -0.369 e. The largest absolute Gasteiger partial charge is 0.369 e. The van der Waals surface area contributed by atoms with E-state index in [0.717, 1.165) is 63.4 Å². The first-order chi connectivity index (χ1) is 19.8. The van der Waals surface area contributed by atoms with E-state index in [0.29, 0.717) is 0 Å². The number of hydrogen-bond acceptors (Lipinski definition) is 4. The third-order valence-electron chi connectivity index (χ3n) is 9.52. The Kier molecular flexibility index (Phi) is 7.54. The zero-order valence-electron chi connectivity index (χ0n) is 25.6. The van der Waals surface area contributed by atoms with Crippen LogP contribution in [0.5, 0.6) is 0 Å². The highest BCUT2D eigenvalue weighted by molar-refractivity contribution is 6.08. The molecular formula is C37H46N4. The molecule has 3 aliphatic heterocycles. The number of nitrogens with zero attached hydrogens (tertiary/aromatic N) is 3. The molecule has 214 valence electrons. The van der Waals surface area contributed by atoms with E-state index in [1.807, 2.05) is 0 Å². The summed E-state index contributed by atoms with van der Waals surface area (Å²) in [5.41, 5.74) is 12.1. The molecule has 2 aromatic rings. The molecule has 0 aromatic heterocycles. The van der Waals surface area contributed by atoms with Gasteiger partial charge in [-0.25, -0.2) is 0 Å². The van der Waals surface area contributed by atoms with E-state index in [4.69, 9.17) is 4.99 Å². The summed E-state index contributed by atoms with van der Waals surface area (Å²) >= 11 is 0. The van der Waals surface area contributed by atoms with Gasteiger partial charge in [-0.3, -0.25) is 4.99 Å². The number of allylic oxidation sites excluding steroid dienone is 7. The quantitative estimate of drug-likeness (QED) is 0.399. The molecular weight excluding hydrogens is 500 g/mol. The van der Waals surface area contributed by atoms with Gasteiger partial charge in [-0.1, -0.05) is 83.2 Å². The third kappa shape index (κ3) is 5.01. The summed E-state index contributed by atoms with van der Waals surface area (Å²) in [5.74, 6) is 0. The zero-order valence-corrected chi connectivity index (χ0v) is 25.6. The third-order valence-corrected chi connectivity index (χ3v) is 9.52. The number of benzene rings is 2. The first-order valence-corrected chi connectivity index (χ1v) is 15.7. The van der Waals surface area contributed by atoms with Crippen molar-refractivity contribution < 1.29 is 0 Å².